The summed E-state index contributed by atoms with van der Waals surface area (Å²) in [7, 11) is 0. The van der Waals surface area contributed by atoms with E-state index in [1.165, 1.54) is 13.0 Å². The molecule has 0 amide bonds. The van der Waals surface area contributed by atoms with Crippen LogP contribution >= 0.6 is 0 Å². The molecule has 0 saturated heterocycles. The van der Waals surface area contributed by atoms with Gasteiger partial charge in [0.15, 0.2) is 6.61 Å². The monoisotopic (exact) mass is 235 g/mol. The third-order valence-corrected chi connectivity index (χ3v) is 2.07. The minimum Gasteiger partial charge on any atom is -0.454 e. The van der Waals surface area contributed by atoms with Crippen LogP contribution in [-0.2, 0) is 9.53 Å². The Morgan fingerprint density at radius 3 is 2.47 bits per heavy atom. The van der Waals surface area contributed by atoms with Crippen molar-refractivity contribution in [1.82, 2.24) is 0 Å². The Morgan fingerprint density at radius 1 is 1.41 bits per heavy atom. The van der Waals surface area contributed by atoms with Crippen molar-refractivity contribution < 1.29 is 14.5 Å². The zero-order valence-corrected chi connectivity index (χ0v) is 9.67. The summed E-state index contributed by atoms with van der Waals surface area (Å²) in [6.07, 6.45) is 1.39. The molecule has 0 heterocycles. The number of benzene rings is 1. The van der Waals surface area contributed by atoms with Crippen LogP contribution in [-0.4, -0.2) is 17.5 Å². The summed E-state index contributed by atoms with van der Waals surface area (Å²) < 4.78 is 4.61. The fourth-order valence-electron chi connectivity index (χ4n) is 1.18. The molecule has 0 aliphatic rings. The highest BCUT2D eigenvalue weighted by Gasteiger charge is 2.12. The van der Waals surface area contributed by atoms with Crippen LogP contribution < -0.4 is 0 Å². The van der Waals surface area contributed by atoms with Gasteiger partial charge in [0.05, 0.1) is 4.92 Å². The van der Waals surface area contributed by atoms with Crippen LogP contribution in [0.2, 0.25) is 0 Å². The molecular formula is C12H13NO4. The number of esters is 1. The Hall–Kier alpha value is -2.17. The zero-order valence-electron chi connectivity index (χ0n) is 9.67. The van der Waals surface area contributed by atoms with E-state index in [4.69, 9.17) is 0 Å². The van der Waals surface area contributed by atoms with Gasteiger partial charge in [0, 0.05) is 13.0 Å². The van der Waals surface area contributed by atoms with Crippen molar-refractivity contribution in [3.8, 4) is 0 Å². The third-order valence-electron chi connectivity index (χ3n) is 2.07. The minimum atomic E-state index is -0.553. The van der Waals surface area contributed by atoms with Crippen LogP contribution in [0.25, 0.3) is 6.08 Å². The Bertz CT molecular complexity index is 448. The molecule has 0 aliphatic heterocycles. The van der Waals surface area contributed by atoms with Gasteiger partial charge in [-0.2, -0.15) is 0 Å². The lowest BCUT2D eigenvalue weighted by Gasteiger charge is -2.00. The number of hydrogen-bond donors (Lipinski definition) is 0. The maximum atomic E-state index is 10.7. The van der Waals surface area contributed by atoms with Gasteiger partial charge in [0.2, 0.25) is 0 Å². The fourth-order valence-corrected chi connectivity index (χ4v) is 1.18. The number of ether oxygens (including phenoxy) is 1. The van der Waals surface area contributed by atoms with Crippen LogP contribution in [0.3, 0.4) is 0 Å². The van der Waals surface area contributed by atoms with Crippen LogP contribution in [0, 0.1) is 17.0 Å². The van der Waals surface area contributed by atoms with Gasteiger partial charge in [-0.05, 0) is 12.5 Å². The Balaban J connectivity index is 2.86. The van der Waals surface area contributed by atoms with E-state index >= 15 is 0 Å². The lowest BCUT2D eigenvalue weighted by molar-refractivity contribution is -0.428. The van der Waals surface area contributed by atoms with Crippen molar-refractivity contribution in [2.24, 2.45) is 0 Å². The van der Waals surface area contributed by atoms with Crippen molar-refractivity contribution >= 4 is 12.0 Å². The van der Waals surface area contributed by atoms with Gasteiger partial charge in [-0.3, -0.25) is 14.9 Å². The highest BCUT2D eigenvalue weighted by molar-refractivity contribution is 5.66. The van der Waals surface area contributed by atoms with Crippen molar-refractivity contribution in [3.05, 3.63) is 51.2 Å². The van der Waals surface area contributed by atoms with Crippen molar-refractivity contribution in [1.29, 1.82) is 0 Å². The van der Waals surface area contributed by atoms with Gasteiger partial charge < -0.3 is 4.74 Å². The first kappa shape index (κ1) is 12.9. The summed E-state index contributed by atoms with van der Waals surface area (Å²) in [5, 5.41) is 10.7. The van der Waals surface area contributed by atoms with E-state index in [2.05, 4.69) is 4.74 Å². The number of carbonyl (C=O) groups excluding carboxylic acids is 1. The Kier molecular flexibility index (Phi) is 4.39. The first-order chi connectivity index (χ1) is 7.99. The van der Waals surface area contributed by atoms with Crippen LogP contribution in [0.4, 0.5) is 0 Å². The first-order valence-corrected chi connectivity index (χ1v) is 5.04. The molecule has 0 aliphatic carbocycles. The first-order valence-electron chi connectivity index (χ1n) is 5.04. The molecule has 0 atom stereocenters. The minimum absolute atomic E-state index is 0.149. The number of nitro groups is 1. The van der Waals surface area contributed by atoms with Crippen molar-refractivity contribution in [2.75, 3.05) is 6.61 Å². The van der Waals surface area contributed by atoms with Crippen LogP contribution in [0.5, 0.6) is 0 Å². The second kappa shape index (κ2) is 5.79. The van der Waals surface area contributed by atoms with Gasteiger partial charge in [-0.15, -0.1) is 0 Å². The van der Waals surface area contributed by atoms with E-state index in [0.717, 1.165) is 5.56 Å². The molecule has 90 valence electrons. The highest BCUT2D eigenvalue weighted by atomic mass is 16.6. The maximum absolute atomic E-state index is 10.7. The molecule has 1 aromatic rings. The molecule has 1 aromatic carbocycles. The molecule has 17 heavy (non-hydrogen) atoms. The van der Waals surface area contributed by atoms with Gasteiger partial charge in [0.25, 0.3) is 5.70 Å². The number of hydrogen-bond acceptors (Lipinski definition) is 4. The number of nitrogens with zero attached hydrogens (tertiary/aromatic N) is 1. The molecule has 0 N–H and O–H groups in total. The van der Waals surface area contributed by atoms with E-state index in [1.54, 1.807) is 12.1 Å². The predicted octanol–water partition coefficient (Wildman–Crippen LogP) is 2.18. The van der Waals surface area contributed by atoms with E-state index < -0.39 is 10.9 Å². The fraction of sp³-hybridized carbons (Fsp3) is 0.250. The van der Waals surface area contributed by atoms with Gasteiger partial charge in [0.1, 0.15) is 0 Å². The van der Waals surface area contributed by atoms with Crippen LogP contribution in [0.1, 0.15) is 18.1 Å². The standard InChI is InChI=1S/C12H13NO4/c1-9-3-5-11(6-4-9)7-12(13(15)16)8-17-10(2)14/h3-7H,8H2,1-2H3/b12-7-. The van der Waals surface area contributed by atoms with Crippen molar-refractivity contribution in [2.45, 2.75) is 13.8 Å². The third kappa shape index (κ3) is 4.46. The lowest BCUT2D eigenvalue weighted by atomic mass is 10.1. The summed E-state index contributed by atoms with van der Waals surface area (Å²) in [5.74, 6) is -0.540. The number of rotatable bonds is 4. The summed E-state index contributed by atoms with van der Waals surface area (Å²) in [4.78, 5) is 20.8. The average Bonchev–Trinajstić information content (AvgIpc) is 2.26. The Morgan fingerprint density at radius 2 is 2.00 bits per heavy atom. The van der Waals surface area contributed by atoms with Gasteiger partial charge >= 0.3 is 5.97 Å². The van der Waals surface area contributed by atoms with Crippen molar-refractivity contribution in [3.63, 3.8) is 0 Å². The maximum Gasteiger partial charge on any atom is 0.303 e. The molecule has 0 saturated carbocycles. The molecule has 0 unspecified atom stereocenters. The molecule has 0 spiro atoms. The SMILES string of the molecule is CC(=O)OC/C(=C/c1ccc(C)cc1)[N+](=O)[O-]. The molecule has 0 aromatic heterocycles. The Labute approximate surface area is 98.9 Å². The summed E-state index contributed by atoms with van der Waals surface area (Å²) in [5.41, 5.74) is 1.63. The van der Waals surface area contributed by atoms with Gasteiger partial charge in [-0.25, -0.2) is 0 Å². The average molecular weight is 235 g/mol. The molecular weight excluding hydrogens is 222 g/mol. The molecule has 0 fully saturated rings. The highest BCUT2D eigenvalue weighted by Crippen LogP contribution is 2.09. The zero-order chi connectivity index (χ0) is 12.8. The van der Waals surface area contributed by atoms with E-state index in [9.17, 15) is 14.9 Å². The predicted molar refractivity (Wildman–Crippen MR) is 62.8 cm³/mol. The summed E-state index contributed by atoms with van der Waals surface area (Å²) in [6.45, 7) is 2.82. The second-order valence-corrected chi connectivity index (χ2v) is 3.58. The lowest BCUT2D eigenvalue weighted by Crippen LogP contribution is -2.09. The second-order valence-electron chi connectivity index (χ2n) is 3.58. The van der Waals surface area contributed by atoms with E-state index in [0.29, 0.717) is 5.56 Å². The molecule has 0 radical (unpaired) electrons. The van der Waals surface area contributed by atoms with Crippen LogP contribution in [0.15, 0.2) is 30.0 Å². The topological polar surface area (TPSA) is 69.4 Å². The quantitative estimate of drug-likeness (QED) is 0.455. The smallest absolute Gasteiger partial charge is 0.303 e. The normalized spacial score (nSPS) is 11.1. The molecule has 1 rings (SSSR count). The van der Waals surface area contributed by atoms with E-state index in [1.807, 2.05) is 19.1 Å². The molecule has 0 bridgehead atoms. The largest absolute Gasteiger partial charge is 0.454 e. The van der Waals surface area contributed by atoms with E-state index in [-0.39, 0.29) is 12.3 Å². The number of aryl methyl sites for hydroxylation is 1. The summed E-state index contributed by atoms with van der Waals surface area (Å²) >= 11 is 0. The molecule has 5 nitrogen and oxygen atoms in total. The van der Waals surface area contributed by atoms with Gasteiger partial charge in [-0.1, -0.05) is 29.8 Å². The number of carbonyl (C=O) groups is 1. The molecule has 5 heteroatoms. The summed E-state index contributed by atoms with van der Waals surface area (Å²) in [6, 6.07) is 7.25.